The van der Waals surface area contributed by atoms with Crippen LogP contribution in [-0.4, -0.2) is 55.8 Å². The maximum atomic E-state index is 5.79. The van der Waals surface area contributed by atoms with Gasteiger partial charge in [-0.2, -0.15) is 0 Å². The molecule has 2 aliphatic rings. The third-order valence-electron chi connectivity index (χ3n) is 5.71. The molecule has 0 amide bonds. The molecule has 1 aliphatic carbocycles. The van der Waals surface area contributed by atoms with E-state index in [-0.39, 0.29) is 0 Å². The second-order valence-corrected chi connectivity index (χ2v) is 8.19. The third-order valence-corrected chi connectivity index (χ3v) is 5.71. The van der Waals surface area contributed by atoms with Crippen molar-refractivity contribution in [2.24, 2.45) is 10.9 Å². The van der Waals surface area contributed by atoms with Gasteiger partial charge in [0.1, 0.15) is 0 Å². The first-order valence-corrected chi connectivity index (χ1v) is 11.2. The Morgan fingerprint density at radius 3 is 2.68 bits per heavy atom. The molecule has 1 saturated carbocycles. The topological polar surface area (TPSA) is 71.0 Å². The van der Waals surface area contributed by atoms with Gasteiger partial charge in [-0.3, -0.25) is 9.89 Å². The number of morpholine rings is 1. The van der Waals surface area contributed by atoms with Crippen LogP contribution in [0.4, 0.5) is 0 Å². The van der Waals surface area contributed by atoms with Gasteiger partial charge in [0.05, 0.1) is 19.8 Å². The lowest BCUT2D eigenvalue weighted by molar-refractivity contribution is 0.0341. The van der Waals surface area contributed by atoms with Crippen LogP contribution in [0.15, 0.2) is 47.6 Å². The maximum Gasteiger partial charge on any atom is 0.213 e. The second-order valence-electron chi connectivity index (χ2n) is 8.19. The molecule has 2 N–H and O–H groups in total. The Hall–Kier alpha value is -2.64. The normalized spacial score (nSPS) is 17.4. The minimum atomic E-state index is 0.664. The fraction of sp³-hybridized carbons (Fsp3) is 0.500. The number of hydrogen-bond acceptors (Lipinski definition) is 5. The third kappa shape index (κ3) is 6.94. The van der Waals surface area contributed by atoms with E-state index in [9.17, 15) is 0 Å². The van der Waals surface area contributed by atoms with E-state index in [4.69, 9.17) is 9.47 Å². The summed E-state index contributed by atoms with van der Waals surface area (Å²) < 4.78 is 11.3. The fourth-order valence-corrected chi connectivity index (χ4v) is 3.60. The zero-order valence-electron chi connectivity index (χ0n) is 18.3. The van der Waals surface area contributed by atoms with E-state index in [0.717, 1.165) is 63.4 Å². The van der Waals surface area contributed by atoms with Crippen LogP contribution in [0, 0.1) is 5.92 Å². The van der Waals surface area contributed by atoms with Gasteiger partial charge in [0.25, 0.3) is 0 Å². The number of aliphatic imine (C=N–C) groups is 1. The lowest BCUT2D eigenvalue weighted by Crippen LogP contribution is -2.37. The Morgan fingerprint density at radius 2 is 1.90 bits per heavy atom. The quantitative estimate of drug-likeness (QED) is 0.477. The highest BCUT2D eigenvalue weighted by molar-refractivity contribution is 5.79. The molecule has 0 atom stereocenters. The van der Waals surface area contributed by atoms with Crippen molar-refractivity contribution < 1.29 is 9.47 Å². The summed E-state index contributed by atoms with van der Waals surface area (Å²) in [5, 5.41) is 6.84. The summed E-state index contributed by atoms with van der Waals surface area (Å²) >= 11 is 0. The fourth-order valence-electron chi connectivity index (χ4n) is 3.60. The molecule has 2 aromatic rings. The van der Waals surface area contributed by atoms with Crippen molar-refractivity contribution in [2.45, 2.75) is 32.5 Å². The molecule has 1 aromatic heterocycles. The lowest BCUT2D eigenvalue weighted by Gasteiger charge is -2.27. The van der Waals surface area contributed by atoms with Gasteiger partial charge in [0.2, 0.25) is 5.88 Å². The molecule has 31 heavy (non-hydrogen) atoms. The van der Waals surface area contributed by atoms with Crippen molar-refractivity contribution in [2.75, 3.05) is 40.0 Å². The minimum absolute atomic E-state index is 0.664. The van der Waals surface area contributed by atoms with Gasteiger partial charge in [0, 0.05) is 52.0 Å². The number of pyridine rings is 1. The molecule has 0 radical (unpaired) electrons. The first-order chi connectivity index (χ1) is 15.3. The average Bonchev–Trinajstić information content (AvgIpc) is 3.64. The van der Waals surface area contributed by atoms with Crippen LogP contribution in [-0.2, 0) is 24.4 Å². The molecule has 2 fully saturated rings. The Bertz CT molecular complexity index is 863. The SMILES string of the molecule is CN=C(NCc1ccnc(OCC2CC2)c1)NCc1ccccc1CN1CCOCC1. The number of ether oxygens (including phenoxy) is 2. The Labute approximate surface area is 184 Å². The molecule has 0 unspecified atom stereocenters. The van der Waals surface area contributed by atoms with E-state index in [2.05, 4.69) is 49.8 Å². The first-order valence-electron chi connectivity index (χ1n) is 11.2. The Morgan fingerprint density at radius 1 is 1.13 bits per heavy atom. The molecule has 7 nitrogen and oxygen atoms in total. The van der Waals surface area contributed by atoms with Crippen LogP contribution in [0.5, 0.6) is 5.88 Å². The summed E-state index contributed by atoms with van der Waals surface area (Å²) in [6.07, 6.45) is 4.36. The molecule has 4 rings (SSSR count). The summed E-state index contributed by atoms with van der Waals surface area (Å²) in [7, 11) is 1.80. The zero-order chi connectivity index (χ0) is 21.3. The molecule has 166 valence electrons. The number of guanidine groups is 1. The van der Waals surface area contributed by atoms with E-state index in [0.29, 0.717) is 12.4 Å². The maximum absolute atomic E-state index is 5.79. The molecule has 1 aromatic carbocycles. The van der Waals surface area contributed by atoms with Gasteiger partial charge in [-0.1, -0.05) is 24.3 Å². The van der Waals surface area contributed by atoms with E-state index in [1.165, 1.54) is 24.0 Å². The lowest BCUT2D eigenvalue weighted by atomic mass is 10.1. The summed E-state index contributed by atoms with van der Waals surface area (Å²) in [5.74, 6) is 2.20. The largest absolute Gasteiger partial charge is 0.477 e. The van der Waals surface area contributed by atoms with Crippen LogP contribution in [0.1, 0.15) is 29.5 Å². The first kappa shape index (κ1) is 21.6. The van der Waals surface area contributed by atoms with Crippen molar-refractivity contribution >= 4 is 5.96 Å². The molecular weight excluding hydrogens is 390 g/mol. The van der Waals surface area contributed by atoms with Gasteiger partial charge in [-0.15, -0.1) is 0 Å². The number of benzene rings is 1. The van der Waals surface area contributed by atoms with Gasteiger partial charge in [-0.05, 0) is 41.5 Å². The number of nitrogens with zero attached hydrogens (tertiary/aromatic N) is 3. The number of rotatable bonds is 9. The molecule has 0 spiro atoms. The van der Waals surface area contributed by atoms with Crippen molar-refractivity contribution in [1.29, 1.82) is 0 Å². The van der Waals surface area contributed by atoms with E-state index in [1.54, 1.807) is 13.2 Å². The van der Waals surface area contributed by atoms with Crippen molar-refractivity contribution in [3.8, 4) is 5.88 Å². The van der Waals surface area contributed by atoms with Crippen LogP contribution >= 0.6 is 0 Å². The predicted octanol–water partition coefficient (Wildman–Crippen LogP) is 2.57. The van der Waals surface area contributed by atoms with E-state index < -0.39 is 0 Å². The standard InChI is InChI=1S/C24H33N5O2/c1-25-24(27-15-20-8-9-26-23(14-20)31-18-19-6-7-19)28-16-21-4-2-3-5-22(21)17-29-10-12-30-13-11-29/h2-5,8-9,14,19H,6-7,10-13,15-18H2,1H3,(H2,25,27,28). The highest BCUT2D eigenvalue weighted by Crippen LogP contribution is 2.29. The molecule has 2 heterocycles. The molecular formula is C24H33N5O2. The smallest absolute Gasteiger partial charge is 0.213 e. The summed E-state index contributed by atoms with van der Waals surface area (Å²) in [6.45, 7) is 6.74. The minimum Gasteiger partial charge on any atom is -0.477 e. The molecule has 1 aliphatic heterocycles. The summed E-state index contributed by atoms with van der Waals surface area (Å²) in [4.78, 5) is 11.1. The average molecular weight is 424 g/mol. The summed E-state index contributed by atoms with van der Waals surface area (Å²) in [5.41, 5.74) is 3.76. The van der Waals surface area contributed by atoms with Crippen LogP contribution in [0.2, 0.25) is 0 Å². The van der Waals surface area contributed by atoms with Crippen LogP contribution in [0.25, 0.3) is 0 Å². The van der Waals surface area contributed by atoms with Gasteiger partial charge in [-0.25, -0.2) is 4.98 Å². The molecule has 0 bridgehead atoms. The summed E-state index contributed by atoms with van der Waals surface area (Å²) in [6, 6.07) is 12.6. The highest BCUT2D eigenvalue weighted by atomic mass is 16.5. The van der Waals surface area contributed by atoms with Crippen molar-refractivity contribution in [3.63, 3.8) is 0 Å². The van der Waals surface area contributed by atoms with E-state index in [1.807, 2.05) is 12.1 Å². The van der Waals surface area contributed by atoms with Gasteiger partial charge in [0.15, 0.2) is 5.96 Å². The van der Waals surface area contributed by atoms with Crippen LogP contribution < -0.4 is 15.4 Å². The number of hydrogen-bond donors (Lipinski definition) is 2. The van der Waals surface area contributed by atoms with Gasteiger partial charge < -0.3 is 20.1 Å². The van der Waals surface area contributed by atoms with Crippen LogP contribution in [0.3, 0.4) is 0 Å². The second kappa shape index (κ2) is 11.1. The highest BCUT2D eigenvalue weighted by Gasteiger charge is 2.22. The van der Waals surface area contributed by atoms with Crippen molar-refractivity contribution in [1.82, 2.24) is 20.5 Å². The number of nitrogens with one attached hydrogen (secondary N) is 2. The predicted molar refractivity (Wildman–Crippen MR) is 122 cm³/mol. The Balaban J connectivity index is 1.27. The molecule has 1 saturated heterocycles. The van der Waals surface area contributed by atoms with Gasteiger partial charge >= 0.3 is 0 Å². The number of aromatic nitrogens is 1. The monoisotopic (exact) mass is 423 g/mol. The Kier molecular flexibility index (Phi) is 7.74. The van der Waals surface area contributed by atoms with Crippen molar-refractivity contribution in [3.05, 3.63) is 59.3 Å². The molecule has 7 heteroatoms. The van der Waals surface area contributed by atoms with E-state index >= 15 is 0 Å². The zero-order valence-corrected chi connectivity index (χ0v) is 18.3.